The second kappa shape index (κ2) is 45.0. The van der Waals surface area contributed by atoms with Gasteiger partial charge in [0.05, 0.1) is 0 Å². The van der Waals surface area contributed by atoms with Crippen molar-refractivity contribution in [2.45, 2.75) is 194 Å². The third kappa shape index (κ3) is 43.3. The van der Waals surface area contributed by atoms with Gasteiger partial charge in [-0.2, -0.15) is 0 Å². The molecule has 0 rings (SSSR count). The quantitative estimate of drug-likeness (QED) is 0.0203. The molecule has 322 valence electrons. The van der Waals surface area contributed by atoms with E-state index in [1.54, 1.807) is 0 Å². The number of unbranched alkanes of at least 4 members (excludes halogenated alkanes) is 16. The lowest BCUT2D eigenvalue weighted by molar-refractivity contribution is -0.167. The molecule has 0 saturated carbocycles. The zero-order chi connectivity index (χ0) is 41.5. The van der Waals surface area contributed by atoms with E-state index in [4.69, 9.17) is 14.2 Å². The molecule has 1 atom stereocenters. The smallest absolute Gasteiger partial charge is 0.306 e. The van der Waals surface area contributed by atoms with Crippen LogP contribution in [0.3, 0.4) is 0 Å². The Bertz CT molecular complexity index is 1180. The van der Waals surface area contributed by atoms with Crippen molar-refractivity contribution in [3.8, 4) is 0 Å². The first kappa shape index (κ1) is 53.3. The van der Waals surface area contributed by atoms with Gasteiger partial charge in [-0.25, -0.2) is 0 Å². The molecule has 1 unspecified atom stereocenters. The Morgan fingerprint density at radius 2 is 0.807 bits per heavy atom. The predicted octanol–water partition coefficient (Wildman–Crippen LogP) is 14.6. The summed E-state index contributed by atoms with van der Waals surface area (Å²) in [6, 6.07) is 0. The largest absolute Gasteiger partial charge is 0.462 e. The third-order valence-corrected chi connectivity index (χ3v) is 9.18. The lowest BCUT2D eigenvalue weighted by Crippen LogP contribution is -2.30. The first-order valence-corrected chi connectivity index (χ1v) is 22.8. The van der Waals surface area contributed by atoms with Crippen molar-refractivity contribution in [3.05, 3.63) is 97.2 Å². The van der Waals surface area contributed by atoms with Gasteiger partial charge in [0.15, 0.2) is 6.10 Å². The topological polar surface area (TPSA) is 78.9 Å². The molecule has 0 spiro atoms. The van der Waals surface area contributed by atoms with Crippen molar-refractivity contribution in [1.29, 1.82) is 0 Å². The van der Waals surface area contributed by atoms with E-state index in [0.717, 1.165) is 89.9 Å². The Labute approximate surface area is 349 Å². The van der Waals surface area contributed by atoms with Crippen LogP contribution in [0, 0.1) is 0 Å². The van der Waals surface area contributed by atoms with Crippen molar-refractivity contribution in [3.63, 3.8) is 0 Å². The highest BCUT2D eigenvalue weighted by atomic mass is 16.6. The molecule has 0 saturated heterocycles. The van der Waals surface area contributed by atoms with Crippen molar-refractivity contribution in [2.24, 2.45) is 0 Å². The number of ether oxygens (including phenoxy) is 3. The lowest BCUT2D eigenvalue weighted by Gasteiger charge is -2.18. The average molecular weight is 791 g/mol. The normalized spacial score (nSPS) is 13.0. The van der Waals surface area contributed by atoms with Gasteiger partial charge in [-0.1, -0.05) is 201 Å². The Hall–Kier alpha value is -3.67. The number of carbonyl (C=O) groups excluding carboxylic acids is 3. The van der Waals surface area contributed by atoms with Crippen LogP contribution in [0.5, 0.6) is 0 Å². The SMILES string of the molecule is CC/C=C\C/C=C\C/C=C\CCCC(=O)OC(COC(=O)CCCCCCC\C=C/C=C\C=C/C=C\C=C/CCC)COC(=O)CCCCCCCCCCCC. The minimum absolute atomic E-state index is 0.107. The minimum atomic E-state index is -0.811. The minimum Gasteiger partial charge on any atom is -0.462 e. The summed E-state index contributed by atoms with van der Waals surface area (Å²) < 4.78 is 16.6. The molecular weight excluding hydrogens is 709 g/mol. The molecule has 0 heterocycles. The molecule has 6 heteroatoms. The summed E-state index contributed by atoms with van der Waals surface area (Å²) in [5.74, 6) is -0.999. The van der Waals surface area contributed by atoms with E-state index in [2.05, 4.69) is 81.5 Å². The maximum absolute atomic E-state index is 12.7. The highest BCUT2D eigenvalue weighted by Gasteiger charge is 2.19. The van der Waals surface area contributed by atoms with Crippen LogP contribution in [-0.2, 0) is 28.6 Å². The molecule has 0 bridgehead atoms. The van der Waals surface area contributed by atoms with E-state index < -0.39 is 6.10 Å². The summed E-state index contributed by atoms with van der Waals surface area (Å²) in [7, 11) is 0. The summed E-state index contributed by atoms with van der Waals surface area (Å²) in [5.41, 5.74) is 0. The van der Waals surface area contributed by atoms with Gasteiger partial charge in [0.2, 0.25) is 0 Å². The van der Waals surface area contributed by atoms with Crippen LogP contribution in [0.2, 0.25) is 0 Å². The van der Waals surface area contributed by atoms with Crippen molar-refractivity contribution >= 4 is 17.9 Å². The fraction of sp³-hybridized carbons (Fsp3) is 0.627. The fourth-order valence-corrected chi connectivity index (χ4v) is 5.79. The standard InChI is InChI=1S/C51H82O6/c1-4-7-10-13-16-19-22-23-24-25-26-27-28-30-32-35-38-41-44-50(53)56-47-48(46-55-49(52)43-40-37-34-31-21-18-15-12-9-6-3)57-51(54)45-42-39-36-33-29-20-17-14-11-8-5-2/h8,10-11,13,16-17,19-20,22-27,33,36,48H,4-7,9,12,14-15,18,21,28-32,34-35,37-47H2,1-3H3/b11-8-,13-10-,19-16-,20-17-,23-22-,25-24-,27-26-,36-33-. The molecule has 0 fully saturated rings. The molecule has 0 amide bonds. The number of hydrogen-bond acceptors (Lipinski definition) is 6. The van der Waals surface area contributed by atoms with Gasteiger partial charge in [-0.15, -0.1) is 0 Å². The summed E-state index contributed by atoms with van der Waals surface area (Å²) in [6.07, 6.45) is 58.2. The molecule has 0 N–H and O–H groups in total. The summed E-state index contributed by atoms with van der Waals surface area (Å²) in [6.45, 7) is 6.32. The van der Waals surface area contributed by atoms with Crippen molar-refractivity contribution in [2.75, 3.05) is 13.2 Å². The van der Waals surface area contributed by atoms with Crippen LogP contribution in [0.4, 0.5) is 0 Å². The molecule has 0 aliphatic rings. The van der Waals surface area contributed by atoms with Crippen LogP contribution in [0.15, 0.2) is 97.2 Å². The van der Waals surface area contributed by atoms with Crippen LogP contribution < -0.4 is 0 Å². The zero-order valence-corrected chi connectivity index (χ0v) is 36.6. The van der Waals surface area contributed by atoms with E-state index in [1.165, 1.54) is 51.4 Å². The second-order valence-electron chi connectivity index (χ2n) is 14.7. The van der Waals surface area contributed by atoms with Gasteiger partial charge in [0.25, 0.3) is 0 Å². The van der Waals surface area contributed by atoms with Gasteiger partial charge in [0, 0.05) is 19.3 Å². The number of hydrogen-bond donors (Lipinski definition) is 0. The molecular formula is C51H82O6. The highest BCUT2D eigenvalue weighted by Crippen LogP contribution is 2.13. The number of carbonyl (C=O) groups is 3. The van der Waals surface area contributed by atoms with Gasteiger partial charge < -0.3 is 14.2 Å². The van der Waals surface area contributed by atoms with Crippen LogP contribution >= 0.6 is 0 Å². The number of allylic oxidation sites excluding steroid dienone is 16. The van der Waals surface area contributed by atoms with Gasteiger partial charge in [0.1, 0.15) is 13.2 Å². The van der Waals surface area contributed by atoms with Crippen molar-refractivity contribution in [1.82, 2.24) is 0 Å². The maximum Gasteiger partial charge on any atom is 0.306 e. The third-order valence-electron chi connectivity index (χ3n) is 9.18. The molecule has 0 aromatic rings. The van der Waals surface area contributed by atoms with Crippen LogP contribution in [0.25, 0.3) is 0 Å². The monoisotopic (exact) mass is 791 g/mol. The van der Waals surface area contributed by atoms with E-state index in [1.807, 2.05) is 36.5 Å². The lowest BCUT2D eigenvalue weighted by atomic mass is 10.1. The van der Waals surface area contributed by atoms with Gasteiger partial charge >= 0.3 is 17.9 Å². The predicted molar refractivity (Wildman–Crippen MR) is 242 cm³/mol. The first-order valence-electron chi connectivity index (χ1n) is 22.8. The Kier molecular flexibility index (Phi) is 42.1. The summed E-state index contributed by atoms with van der Waals surface area (Å²) >= 11 is 0. The molecule has 0 aliphatic heterocycles. The molecule has 6 nitrogen and oxygen atoms in total. The fourth-order valence-electron chi connectivity index (χ4n) is 5.79. The van der Waals surface area contributed by atoms with E-state index in [0.29, 0.717) is 19.3 Å². The highest BCUT2D eigenvalue weighted by molar-refractivity contribution is 5.71. The Balaban J connectivity index is 4.47. The summed E-state index contributed by atoms with van der Waals surface area (Å²) in [4.78, 5) is 37.7. The van der Waals surface area contributed by atoms with E-state index in [9.17, 15) is 14.4 Å². The Morgan fingerprint density at radius 1 is 0.386 bits per heavy atom. The number of esters is 3. The van der Waals surface area contributed by atoms with Gasteiger partial charge in [-0.3, -0.25) is 14.4 Å². The van der Waals surface area contributed by atoms with E-state index in [-0.39, 0.29) is 37.5 Å². The molecule has 0 aromatic carbocycles. The van der Waals surface area contributed by atoms with Crippen LogP contribution in [-0.4, -0.2) is 37.2 Å². The van der Waals surface area contributed by atoms with Crippen molar-refractivity contribution < 1.29 is 28.6 Å². The first-order chi connectivity index (χ1) is 28.0. The maximum atomic E-state index is 12.7. The number of rotatable bonds is 39. The Morgan fingerprint density at radius 3 is 1.33 bits per heavy atom. The molecule has 0 aromatic heterocycles. The molecule has 0 aliphatic carbocycles. The van der Waals surface area contributed by atoms with Gasteiger partial charge in [-0.05, 0) is 64.2 Å². The van der Waals surface area contributed by atoms with Crippen LogP contribution in [0.1, 0.15) is 188 Å². The molecule has 57 heavy (non-hydrogen) atoms. The zero-order valence-electron chi connectivity index (χ0n) is 36.6. The summed E-state index contributed by atoms with van der Waals surface area (Å²) in [5, 5.41) is 0. The molecule has 0 radical (unpaired) electrons. The second-order valence-corrected chi connectivity index (χ2v) is 14.7. The van der Waals surface area contributed by atoms with E-state index >= 15 is 0 Å². The average Bonchev–Trinajstić information content (AvgIpc) is 3.21.